The molecule has 0 heterocycles. The molecule has 0 aromatic rings. The van der Waals surface area contributed by atoms with Gasteiger partial charge in [0.05, 0.1) is 17.0 Å². The number of rotatable bonds is 6. The van der Waals surface area contributed by atoms with Crippen LogP contribution in [0.2, 0.25) is 0 Å². The molecule has 0 spiro atoms. The van der Waals surface area contributed by atoms with E-state index in [1.165, 1.54) is 0 Å². The van der Waals surface area contributed by atoms with E-state index in [4.69, 9.17) is 10.2 Å². The van der Waals surface area contributed by atoms with Crippen molar-refractivity contribution in [1.29, 1.82) is 0 Å². The van der Waals surface area contributed by atoms with Gasteiger partial charge in [-0.15, -0.1) is 0 Å². The topological polar surface area (TPSA) is 57.5 Å². The molecule has 0 saturated carbocycles. The number of alkyl halides is 1. The third-order valence-electron chi connectivity index (χ3n) is 1.82. The summed E-state index contributed by atoms with van der Waals surface area (Å²) in [5.41, 5.74) is 0. The monoisotopic (exact) mass is 252 g/mol. The standard InChI is InChI=1S/C9H17BrO3/c1-9(2,10)8(13)5-3-4-7(12)6-11/h7,11-12H,3-6H2,1-2H3. The van der Waals surface area contributed by atoms with Crippen molar-refractivity contribution in [2.75, 3.05) is 6.61 Å². The summed E-state index contributed by atoms with van der Waals surface area (Å²) in [6.07, 6.45) is 0.849. The number of Topliss-reactive ketones (excluding diaryl/α,β-unsaturated/α-hetero) is 1. The Morgan fingerprint density at radius 1 is 1.54 bits per heavy atom. The van der Waals surface area contributed by atoms with Crippen LogP contribution in [0.25, 0.3) is 0 Å². The Labute approximate surface area is 87.3 Å². The van der Waals surface area contributed by atoms with Crippen LogP contribution < -0.4 is 0 Å². The van der Waals surface area contributed by atoms with E-state index in [1.807, 2.05) is 0 Å². The molecule has 0 rings (SSSR count). The molecule has 0 amide bonds. The van der Waals surface area contributed by atoms with Gasteiger partial charge in [0.1, 0.15) is 5.78 Å². The van der Waals surface area contributed by atoms with Crippen molar-refractivity contribution in [3.8, 4) is 0 Å². The fourth-order valence-corrected chi connectivity index (χ4v) is 1.09. The summed E-state index contributed by atoms with van der Waals surface area (Å²) in [5, 5.41) is 17.5. The lowest BCUT2D eigenvalue weighted by Crippen LogP contribution is -2.24. The maximum Gasteiger partial charge on any atom is 0.148 e. The summed E-state index contributed by atoms with van der Waals surface area (Å²) in [5.74, 6) is 0.123. The largest absolute Gasteiger partial charge is 0.394 e. The van der Waals surface area contributed by atoms with Crippen LogP contribution in [-0.4, -0.2) is 33.0 Å². The lowest BCUT2D eigenvalue weighted by molar-refractivity contribution is -0.120. The van der Waals surface area contributed by atoms with Crippen LogP contribution in [0.15, 0.2) is 0 Å². The third-order valence-corrected chi connectivity index (χ3v) is 2.26. The molecule has 0 radical (unpaired) electrons. The Morgan fingerprint density at radius 2 is 2.08 bits per heavy atom. The van der Waals surface area contributed by atoms with Crippen LogP contribution in [0.4, 0.5) is 0 Å². The van der Waals surface area contributed by atoms with E-state index < -0.39 is 10.4 Å². The number of aliphatic hydroxyl groups excluding tert-OH is 2. The maximum absolute atomic E-state index is 11.3. The van der Waals surface area contributed by atoms with Gasteiger partial charge in [0.2, 0.25) is 0 Å². The summed E-state index contributed by atoms with van der Waals surface area (Å²) >= 11 is 3.27. The summed E-state index contributed by atoms with van der Waals surface area (Å²) in [6.45, 7) is 3.38. The molecule has 0 bridgehead atoms. The molecule has 0 aromatic heterocycles. The maximum atomic E-state index is 11.3. The van der Waals surface area contributed by atoms with Crippen LogP contribution in [0, 0.1) is 0 Å². The number of hydrogen-bond acceptors (Lipinski definition) is 3. The average Bonchev–Trinajstić information content (AvgIpc) is 2.02. The number of ketones is 1. The quantitative estimate of drug-likeness (QED) is 0.700. The number of halogens is 1. The molecule has 0 saturated heterocycles. The van der Waals surface area contributed by atoms with Gasteiger partial charge in [-0.3, -0.25) is 4.79 Å². The predicted molar refractivity (Wildman–Crippen MR) is 55.0 cm³/mol. The van der Waals surface area contributed by atoms with Crippen molar-refractivity contribution >= 4 is 21.7 Å². The molecule has 78 valence electrons. The third kappa shape index (κ3) is 6.18. The first-order valence-electron chi connectivity index (χ1n) is 4.39. The molecule has 1 unspecified atom stereocenters. The normalized spacial score (nSPS) is 14.2. The summed E-state index contributed by atoms with van der Waals surface area (Å²) in [4.78, 5) is 11.3. The summed E-state index contributed by atoms with van der Waals surface area (Å²) in [6, 6.07) is 0. The highest BCUT2D eigenvalue weighted by atomic mass is 79.9. The fourth-order valence-electron chi connectivity index (χ4n) is 0.887. The number of carbonyl (C=O) groups is 1. The van der Waals surface area contributed by atoms with E-state index in [0.29, 0.717) is 19.3 Å². The molecular formula is C9H17BrO3. The highest BCUT2D eigenvalue weighted by Gasteiger charge is 2.22. The first-order valence-corrected chi connectivity index (χ1v) is 5.18. The van der Waals surface area contributed by atoms with Crippen molar-refractivity contribution in [3.63, 3.8) is 0 Å². The van der Waals surface area contributed by atoms with Crippen LogP contribution in [0.5, 0.6) is 0 Å². The highest BCUT2D eigenvalue weighted by Crippen LogP contribution is 2.20. The molecule has 4 heteroatoms. The highest BCUT2D eigenvalue weighted by molar-refractivity contribution is 9.10. The van der Waals surface area contributed by atoms with Gasteiger partial charge >= 0.3 is 0 Å². The van der Waals surface area contributed by atoms with E-state index in [9.17, 15) is 4.79 Å². The van der Waals surface area contributed by atoms with Gasteiger partial charge in [0, 0.05) is 6.42 Å². The molecule has 2 N–H and O–H groups in total. The van der Waals surface area contributed by atoms with Gasteiger partial charge in [0.25, 0.3) is 0 Å². The smallest absolute Gasteiger partial charge is 0.148 e. The number of hydrogen-bond donors (Lipinski definition) is 2. The van der Waals surface area contributed by atoms with Crippen molar-refractivity contribution in [1.82, 2.24) is 0 Å². The molecule has 1 atom stereocenters. The van der Waals surface area contributed by atoms with Crippen LogP contribution >= 0.6 is 15.9 Å². The molecule has 0 aliphatic carbocycles. The van der Waals surface area contributed by atoms with Crippen molar-refractivity contribution in [2.45, 2.75) is 43.5 Å². The molecule has 0 fully saturated rings. The van der Waals surface area contributed by atoms with Crippen LogP contribution in [0.3, 0.4) is 0 Å². The van der Waals surface area contributed by atoms with Gasteiger partial charge < -0.3 is 10.2 Å². The molecule has 0 aliphatic heterocycles. The van der Waals surface area contributed by atoms with Crippen molar-refractivity contribution in [2.24, 2.45) is 0 Å². The second-order valence-corrected chi connectivity index (χ2v) is 5.61. The molecular weight excluding hydrogens is 236 g/mol. The lowest BCUT2D eigenvalue weighted by Gasteiger charge is -2.14. The first kappa shape index (κ1) is 13.1. The minimum Gasteiger partial charge on any atom is -0.394 e. The van der Waals surface area contributed by atoms with Gasteiger partial charge in [-0.05, 0) is 26.7 Å². The molecule has 0 aromatic carbocycles. The van der Waals surface area contributed by atoms with E-state index in [-0.39, 0.29) is 12.4 Å². The zero-order chi connectivity index (χ0) is 10.5. The zero-order valence-corrected chi connectivity index (χ0v) is 9.67. The minimum absolute atomic E-state index is 0.123. The summed E-state index contributed by atoms with van der Waals surface area (Å²) in [7, 11) is 0. The van der Waals surface area contributed by atoms with E-state index in [1.54, 1.807) is 13.8 Å². The fraction of sp³-hybridized carbons (Fsp3) is 0.889. The van der Waals surface area contributed by atoms with Gasteiger partial charge in [-0.2, -0.15) is 0 Å². The predicted octanol–water partition coefficient (Wildman–Crippen LogP) is 1.25. The van der Waals surface area contributed by atoms with E-state index in [0.717, 1.165) is 0 Å². The zero-order valence-electron chi connectivity index (χ0n) is 8.09. The molecule has 3 nitrogen and oxygen atoms in total. The Bertz CT molecular complexity index is 163. The molecule has 0 aliphatic rings. The molecule has 13 heavy (non-hydrogen) atoms. The number of aliphatic hydroxyl groups is 2. The SMILES string of the molecule is CC(C)(Br)C(=O)CCCC(O)CO. The minimum atomic E-state index is -0.689. The van der Waals surface area contributed by atoms with Crippen molar-refractivity contribution < 1.29 is 15.0 Å². The second kappa shape index (κ2) is 5.73. The van der Waals surface area contributed by atoms with Crippen LogP contribution in [-0.2, 0) is 4.79 Å². The Kier molecular flexibility index (Phi) is 5.76. The van der Waals surface area contributed by atoms with Gasteiger partial charge in [0.15, 0.2) is 0 Å². The first-order chi connectivity index (χ1) is 5.88. The van der Waals surface area contributed by atoms with Crippen LogP contribution in [0.1, 0.15) is 33.1 Å². The Hall–Kier alpha value is 0.0700. The Balaban J connectivity index is 3.60. The number of carbonyl (C=O) groups excluding carboxylic acids is 1. The van der Waals surface area contributed by atoms with Gasteiger partial charge in [-0.25, -0.2) is 0 Å². The van der Waals surface area contributed by atoms with E-state index >= 15 is 0 Å². The van der Waals surface area contributed by atoms with E-state index in [2.05, 4.69) is 15.9 Å². The Morgan fingerprint density at radius 3 is 2.46 bits per heavy atom. The van der Waals surface area contributed by atoms with Gasteiger partial charge in [-0.1, -0.05) is 15.9 Å². The second-order valence-electron chi connectivity index (χ2n) is 3.62. The van der Waals surface area contributed by atoms with Crippen molar-refractivity contribution in [3.05, 3.63) is 0 Å². The lowest BCUT2D eigenvalue weighted by atomic mass is 10.0. The summed E-state index contributed by atoms with van der Waals surface area (Å²) < 4.78 is -0.475. The average molecular weight is 253 g/mol.